The first-order valence-electron chi connectivity index (χ1n) is 5.96. The van der Waals surface area contributed by atoms with E-state index in [0.29, 0.717) is 6.04 Å². The fourth-order valence-electron chi connectivity index (χ4n) is 2.00. The quantitative estimate of drug-likeness (QED) is 0.874. The third kappa shape index (κ3) is 3.69. The fourth-order valence-corrected chi connectivity index (χ4v) is 2.18. The molecule has 0 aliphatic carbocycles. The Morgan fingerprint density at radius 3 is 3.12 bits per heavy atom. The van der Waals surface area contributed by atoms with Crippen LogP contribution in [0.5, 0.6) is 5.75 Å². The minimum absolute atomic E-state index is 0.487. The van der Waals surface area contributed by atoms with Crippen molar-refractivity contribution in [2.75, 3.05) is 13.2 Å². The van der Waals surface area contributed by atoms with Crippen LogP contribution in [-0.2, 0) is 0 Å². The van der Waals surface area contributed by atoms with Gasteiger partial charge in [-0.15, -0.1) is 0 Å². The summed E-state index contributed by atoms with van der Waals surface area (Å²) in [6.07, 6.45) is 5.13. The number of nitrogens with one attached hydrogen (secondary N) is 1. The molecule has 1 N–H and O–H groups in total. The van der Waals surface area contributed by atoms with Gasteiger partial charge < -0.3 is 10.1 Å². The summed E-state index contributed by atoms with van der Waals surface area (Å²) >= 11 is 5.90. The lowest BCUT2D eigenvalue weighted by Gasteiger charge is -2.16. The zero-order valence-corrected chi connectivity index (χ0v) is 10.2. The summed E-state index contributed by atoms with van der Waals surface area (Å²) in [6, 6.07) is 8.07. The highest BCUT2D eigenvalue weighted by Gasteiger charge is 2.11. The van der Waals surface area contributed by atoms with Crippen LogP contribution < -0.4 is 10.1 Å². The van der Waals surface area contributed by atoms with E-state index >= 15 is 0 Å². The van der Waals surface area contributed by atoms with Crippen molar-refractivity contribution in [3.05, 3.63) is 29.3 Å². The van der Waals surface area contributed by atoms with Crippen molar-refractivity contribution in [2.24, 2.45) is 0 Å². The fraction of sp³-hybridized carbons (Fsp3) is 0.538. The lowest BCUT2D eigenvalue weighted by atomic mass is 10.1. The van der Waals surface area contributed by atoms with Gasteiger partial charge in [-0.05, 0) is 37.6 Å². The SMILES string of the molecule is Clc1cccc(OCC2CCCCCN2)c1. The van der Waals surface area contributed by atoms with Gasteiger partial charge in [0.05, 0.1) is 0 Å². The second kappa shape index (κ2) is 6.12. The molecule has 2 nitrogen and oxygen atoms in total. The molecule has 1 atom stereocenters. The van der Waals surface area contributed by atoms with Gasteiger partial charge in [-0.1, -0.05) is 30.5 Å². The molecule has 1 heterocycles. The maximum Gasteiger partial charge on any atom is 0.120 e. The van der Waals surface area contributed by atoms with Crippen LogP contribution in [0, 0.1) is 0 Å². The largest absolute Gasteiger partial charge is 0.492 e. The molecule has 1 fully saturated rings. The van der Waals surface area contributed by atoms with Crippen molar-refractivity contribution < 1.29 is 4.74 Å². The van der Waals surface area contributed by atoms with Crippen LogP contribution >= 0.6 is 11.6 Å². The molecule has 0 amide bonds. The van der Waals surface area contributed by atoms with Gasteiger partial charge in [-0.25, -0.2) is 0 Å². The Kier molecular flexibility index (Phi) is 4.49. The lowest BCUT2D eigenvalue weighted by Crippen LogP contribution is -2.33. The molecule has 0 saturated carbocycles. The monoisotopic (exact) mass is 239 g/mol. The molecule has 1 aromatic carbocycles. The summed E-state index contributed by atoms with van der Waals surface area (Å²) in [7, 11) is 0. The maximum absolute atomic E-state index is 5.90. The third-order valence-electron chi connectivity index (χ3n) is 2.91. The standard InChI is InChI=1S/C13H18ClNO/c14-11-5-4-7-13(9-11)16-10-12-6-2-1-3-8-15-12/h4-5,7,9,12,15H,1-3,6,8,10H2. The minimum Gasteiger partial charge on any atom is -0.492 e. The Morgan fingerprint density at radius 1 is 1.31 bits per heavy atom. The van der Waals surface area contributed by atoms with Crippen molar-refractivity contribution in [1.29, 1.82) is 0 Å². The van der Waals surface area contributed by atoms with Crippen molar-refractivity contribution in [3.8, 4) is 5.75 Å². The topological polar surface area (TPSA) is 21.3 Å². The number of rotatable bonds is 3. The van der Waals surface area contributed by atoms with Crippen molar-refractivity contribution in [3.63, 3.8) is 0 Å². The van der Waals surface area contributed by atoms with E-state index in [1.807, 2.05) is 24.3 Å². The molecular formula is C13H18ClNO. The summed E-state index contributed by atoms with van der Waals surface area (Å²) in [5.41, 5.74) is 0. The molecule has 16 heavy (non-hydrogen) atoms. The zero-order chi connectivity index (χ0) is 11.2. The zero-order valence-electron chi connectivity index (χ0n) is 9.42. The average molecular weight is 240 g/mol. The molecule has 0 aromatic heterocycles. The molecule has 2 rings (SSSR count). The summed E-state index contributed by atoms with van der Waals surface area (Å²) in [6.45, 7) is 1.85. The highest BCUT2D eigenvalue weighted by molar-refractivity contribution is 6.30. The smallest absolute Gasteiger partial charge is 0.120 e. The van der Waals surface area contributed by atoms with Gasteiger partial charge in [-0.2, -0.15) is 0 Å². The van der Waals surface area contributed by atoms with E-state index in [-0.39, 0.29) is 0 Å². The van der Waals surface area contributed by atoms with Gasteiger partial charge in [0.1, 0.15) is 12.4 Å². The van der Waals surface area contributed by atoms with Crippen LogP contribution in [0.25, 0.3) is 0 Å². The van der Waals surface area contributed by atoms with E-state index in [0.717, 1.165) is 23.9 Å². The summed E-state index contributed by atoms with van der Waals surface area (Å²) in [4.78, 5) is 0. The molecule has 1 aliphatic rings. The third-order valence-corrected chi connectivity index (χ3v) is 3.14. The Hall–Kier alpha value is -0.730. The van der Waals surface area contributed by atoms with E-state index in [1.54, 1.807) is 0 Å². The minimum atomic E-state index is 0.487. The first-order valence-corrected chi connectivity index (χ1v) is 6.34. The van der Waals surface area contributed by atoms with Crippen LogP contribution in [0.3, 0.4) is 0 Å². The molecule has 1 unspecified atom stereocenters. The van der Waals surface area contributed by atoms with Gasteiger partial charge in [0.15, 0.2) is 0 Å². The molecule has 1 aromatic rings. The van der Waals surface area contributed by atoms with E-state index in [2.05, 4.69) is 5.32 Å². The summed E-state index contributed by atoms with van der Waals surface area (Å²) in [5.74, 6) is 0.860. The van der Waals surface area contributed by atoms with Crippen molar-refractivity contribution >= 4 is 11.6 Å². The van der Waals surface area contributed by atoms with Crippen molar-refractivity contribution in [2.45, 2.75) is 31.7 Å². The van der Waals surface area contributed by atoms with Gasteiger partial charge in [0.25, 0.3) is 0 Å². The Labute approximate surface area is 102 Å². The molecule has 3 heteroatoms. The van der Waals surface area contributed by atoms with Crippen LogP contribution in [-0.4, -0.2) is 19.2 Å². The molecule has 0 radical (unpaired) electrons. The normalized spacial score (nSPS) is 21.4. The molecule has 0 bridgehead atoms. The Bertz CT molecular complexity index is 321. The van der Waals surface area contributed by atoms with Crippen LogP contribution in [0.15, 0.2) is 24.3 Å². The van der Waals surface area contributed by atoms with Gasteiger partial charge in [0.2, 0.25) is 0 Å². The van der Waals surface area contributed by atoms with Crippen molar-refractivity contribution in [1.82, 2.24) is 5.32 Å². The number of benzene rings is 1. The number of hydrogen-bond donors (Lipinski definition) is 1. The van der Waals surface area contributed by atoms with E-state index in [9.17, 15) is 0 Å². The second-order valence-corrected chi connectivity index (χ2v) is 4.71. The molecule has 1 aliphatic heterocycles. The lowest BCUT2D eigenvalue weighted by molar-refractivity contribution is 0.261. The number of hydrogen-bond acceptors (Lipinski definition) is 2. The van der Waals surface area contributed by atoms with E-state index in [1.165, 1.54) is 25.7 Å². The maximum atomic E-state index is 5.90. The van der Waals surface area contributed by atoms with Gasteiger partial charge in [-0.3, -0.25) is 0 Å². The van der Waals surface area contributed by atoms with Gasteiger partial charge in [0, 0.05) is 11.1 Å². The summed E-state index contributed by atoms with van der Waals surface area (Å²) in [5, 5.41) is 4.24. The van der Waals surface area contributed by atoms with Crippen LogP contribution in [0.2, 0.25) is 5.02 Å². The second-order valence-electron chi connectivity index (χ2n) is 4.27. The first-order chi connectivity index (χ1) is 7.84. The Morgan fingerprint density at radius 2 is 2.25 bits per heavy atom. The molecular weight excluding hydrogens is 222 g/mol. The summed E-state index contributed by atoms with van der Waals surface area (Å²) < 4.78 is 5.73. The average Bonchev–Trinajstić information content (AvgIpc) is 2.55. The predicted molar refractivity (Wildman–Crippen MR) is 67.2 cm³/mol. The predicted octanol–water partition coefficient (Wildman–Crippen LogP) is 3.25. The number of ether oxygens (including phenoxy) is 1. The molecule has 1 saturated heterocycles. The molecule has 88 valence electrons. The highest BCUT2D eigenvalue weighted by atomic mass is 35.5. The van der Waals surface area contributed by atoms with Crippen LogP contribution in [0.1, 0.15) is 25.7 Å². The highest BCUT2D eigenvalue weighted by Crippen LogP contribution is 2.18. The van der Waals surface area contributed by atoms with E-state index < -0.39 is 0 Å². The van der Waals surface area contributed by atoms with Crippen LogP contribution in [0.4, 0.5) is 0 Å². The Balaban J connectivity index is 1.81. The first kappa shape index (κ1) is 11.7. The number of halogens is 1. The molecule has 0 spiro atoms. The van der Waals surface area contributed by atoms with E-state index in [4.69, 9.17) is 16.3 Å². The van der Waals surface area contributed by atoms with Gasteiger partial charge >= 0.3 is 0 Å².